The second-order valence-electron chi connectivity index (χ2n) is 10.6. The number of amides is 3. The molecule has 182 valence electrons. The van der Waals surface area contributed by atoms with Crippen LogP contribution in [-0.4, -0.2) is 51.7 Å². The van der Waals surface area contributed by atoms with E-state index in [0.717, 1.165) is 11.1 Å². The molecule has 2 atom stereocenters. The van der Waals surface area contributed by atoms with Gasteiger partial charge in [0.1, 0.15) is 17.2 Å². The van der Waals surface area contributed by atoms with Gasteiger partial charge in [0.25, 0.3) is 5.91 Å². The molecule has 1 saturated heterocycles. The molecule has 1 heterocycles. The van der Waals surface area contributed by atoms with Gasteiger partial charge in [-0.3, -0.25) is 9.59 Å². The molecule has 3 N–H and O–H groups in total. The molecule has 3 amide bonds. The lowest BCUT2D eigenvalue weighted by atomic mass is 10.1. The second kappa shape index (κ2) is 9.14. The molecule has 3 rings (SSSR count). The van der Waals surface area contributed by atoms with Gasteiger partial charge in [0.15, 0.2) is 0 Å². The highest BCUT2D eigenvalue weighted by atomic mass is 35.5. The van der Waals surface area contributed by atoms with E-state index in [0.29, 0.717) is 30.8 Å². The number of alkyl carbamates (subject to hydrolysis) is 1. The molecular formula is C24H34ClN3O5. The molecule has 1 aliphatic carbocycles. The number of likely N-dealkylation sites (tertiary alicyclic amines) is 1. The van der Waals surface area contributed by atoms with E-state index in [4.69, 9.17) is 16.3 Å². The Bertz CT molecular complexity index is 943. The molecule has 1 aliphatic heterocycles. The zero-order valence-corrected chi connectivity index (χ0v) is 20.7. The number of hydrogen-bond donors (Lipinski definition) is 3. The number of carbonyl (C=O) groups is 3. The minimum absolute atomic E-state index is 0.193. The van der Waals surface area contributed by atoms with Gasteiger partial charge >= 0.3 is 6.09 Å². The lowest BCUT2D eigenvalue weighted by molar-refractivity contribution is -0.149. The first-order chi connectivity index (χ1) is 15.2. The van der Waals surface area contributed by atoms with Crippen LogP contribution in [0.15, 0.2) is 18.2 Å². The monoisotopic (exact) mass is 479 g/mol. The summed E-state index contributed by atoms with van der Waals surface area (Å²) in [7, 11) is 0. The van der Waals surface area contributed by atoms with E-state index in [1.54, 1.807) is 39.0 Å². The van der Waals surface area contributed by atoms with Crippen molar-refractivity contribution in [3.63, 3.8) is 0 Å². The second-order valence-corrected chi connectivity index (χ2v) is 11.0. The van der Waals surface area contributed by atoms with Gasteiger partial charge < -0.3 is 25.4 Å². The zero-order valence-electron chi connectivity index (χ0n) is 20.0. The number of benzene rings is 1. The molecule has 2 aliphatic rings. The van der Waals surface area contributed by atoms with Crippen molar-refractivity contribution >= 4 is 29.5 Å². The Labute approximate surface area is 200 Å². The molecular weight excluding hydrogens is 446 g/mol. The molecule has 1 saturated carbocycles. The minimum atomic E-state index is -1.39. The molecule has 0 unspecified atom stereocenters. The van der Waals surface area contributed by atoms with Crippen LogP contribution in [-0.2, 0) is 27.4 Å². The largest absolute Gasteiger partial charge is 0.444 e. The third-order valence-corrected chi connectivity index (χ3v) is 6.54. The Morgan fingerprint density at radius 3 is 2.42 bits per heavy atom. The fourth-order valence-corrected chi connectivity index (χ4v) is 4.39. The highest BCUT2D eigenvalue weighted by molar-refractivity contribution is 6.30. The summed E-state index contributed by atoms with van der Waals surface area (Å²) in [5.41, 5.74) is -0.911. The highest BCUT2D eigenvalue weighted by Crippen LogP contribution is 2.56. The van der Waals surface area contributed by atoms with Crippen molar-refractivity contribution in [3.05, 3.63) is 34.3 Å². The summed E-state index contributed by atoms with van der Waals surface area (Å²) in [6, 6.07) is 4.63. The van der Waals surface area contributed by atoms with Gasteiger partial charge in [-0.25, -0.2) is 4.79 Å². The molecule has 0 aromatic heterocycles. The van der Waals surface area contributed by atoms with Crippen molar-refractivity contribution in [3.8, 4) is 0 Å². The normalized spacial score (nSPS) is 23.7. The van der Waals surface area contributed by atoms with Crippen molar-refractivity contribution in [1.82, 2.24) is 15.5 Å². The predicted octanol–water partition coefficient (Wildman–Crippen LogP) is 3.13. The molecule has 0 spiro atoms. The lowest BCUT2D eigenvalue weighted by Crippen LogP contribution is -2.50. The number of nitrogens with one attached hydrogen (secondary N) is 2. The molecule has 0 bridgehead atoms. The molecule has 2 fully saturated rings. The number of rotatable bonds is 6. The standard InChI is InChI=1S/C24H34ClN3O5/c1-22(2,3)33-21(31)27-12-15-8-9-17(25)11-16(15)13-26-19(29)18-7-6-10-28(18)20(30)24(32)14-23(24,4)5/h8-9,11,18,32H,6-7,10,12-14H2,1-5H3,(H,26,29)(H,27,31)/t18-,24+/m0/s1. The zero-order chi connectivity index (χ0) is 24.6. The number of carbonyl (C=O) groups excluding carboxylic acids is 3. The van der Waals surface area contributed by atoms with Crippen LogP contribution in [0.3, 0.4) is 0 Å². The first-order valence-electron chi connectivity index (χ1n) is 11.3. The van der Waals surface area contributed by atoms with E-state index in [1.807, 2.05) is 13.8 Å². The third-order valence-electron chi connectivity index (χ3n) is 6.31. The number of nitrogens with zero attached hydrogens (tertiary/aromatic N) is 1. The van der Waals surface area contributed by atoms with Crippen LogP contribution >= 0.6 is 11.6 Å². The Morgan fingerprint density at radius 2 is 1.82 bits per heavy atom. The van der Waals surface area contributed by atoms with E-state index in [9.17, 15) is 19.5 Å². The maximum Gasteiger partial charge on any atom is 0.407 e. The summed E-state index contributed by atoms with van der Waals surface area (Å²) in [4.78, 5) is 39.4. The number of ether oxygens (including phenoxy) is 1. The van der Waals surface area contributed by atoms with E-state index < -0.39 is 28.8 Å². The van der Waals surface area contributed by atoms with Crippen LogP contribution in [0.25, 0.3) is 0 Å². The van der Waals surface area contributed by atoms with Gasteiger partial charge in [0.05, 0.1) is 0 Å². The molecule has 9 heteroatoms. The average molecular weight is 480 g/mol. The quantitative estimate of drug-likeness (QED) is 0.581. The minimum Gasteiger partial charge on any atom is -0.444 e. The number of halogens is 1. The SMILES string of the molecule is CC(C)(C)OC(=O)NCc1ccc(Cl)cc1CNC(=O)[C@@H]1CCCN1C(=O)[C@]1(O)CC1(C)C. The molecule has 8 nitrogen and oxygen atoms in total. The topological polar surface area (TPSA) is 108 Å². The van der Waals surface area contributed by atoms with Gasteiger partial charge in [-0.2, -0.15) is 0 Å². The van der Waals surface area contributed by atoms with Crippen LogP contribution in [0.5, 0.6) is 0 Å². The molecule has 1 aromatic rings. The fourth-order valence-electron chi connectivity index (χ4n) is 4.19. The van der Waals surface area contributed by atoms with Crippen LogP contribution in [0, 0.1) is 5.41 Å². The Morgan fingerprint density at radius 1 is 1.18 bits per heavy atom. The van der Waals surface area contributed by atoms with Crippen molar-refractivity contribution in [2.24, 2.45) is 5.41 Å². The lowest BCUT2D eigenvalue weighted by Gasteiger charge is -2.27. The van der Waals surface area contributed by atoms with Crippen molar-refractivity contribution < 1.29 is 24.2 Å². The average Bonchev–Trinajstić information content (AvgIpc) is 3.05. The van der Waals surface area contributed by atoms with E-state index in [1.165, 1.54) is 4.90 Å². The van der Waals surface area contributed by atoms with Gasteiger partial charge in [0, 0.05) is 30.1 Å². The van der Waals surface area contributed by atoms with Crippen molar-refractivity contribution in [2.45, 2.75) is 84.2 Å². The molecule has 0 radical (unpaired) electrons. The maximum atomic E-state index is 13.0. The van der Waals surface area contributed by atoms with Gasteiger partial charge in [-0.05, 0) is 63.3 Å². The predicted molar refractivity (Wildman–Crippen MR) is 124 cm³/mol. The summed E-state index contributed by atoms with van der Waals surface area (Å²) in [6.07, 6.45) is 1.13. The van der Waals surface area contributed by atoms with Crippen molar-refractivity contribution in [1.29, 1.82) is 0 Å². The smallest absolute Gasteiger partial charge is 0.407 e. The van der Waals surface area contributed by atoms with Crippen LogP contribution < -0.4 is 10.6 Å². The van der Waals surface area contributed by atoms with Crippen LogP contribution in [0.1, 0.15) is 65.0 Å². The Hall–Kier alpha value is -2.32. The third kappa shape index (κ3) is 5.79. The van der Waals surface area contributed by atoms with Gasteiger partial charge in [0.2, 0.25) is 5.91 Å². The van der Waals surface area contributed by atoms with E-state index >= 15 is 0 Å². The summed E-state index contributed by atoms with van der Waals surface area (Å²) < 4.78 is 5.27. The van der Waals surface area contributed by atoms with Crippen LogP contribution in [0.2, 0.25) is 5.02 Å². The van der Waals surface area contributed by atoms with Gasteiger partial charge in [-0.15, -0.1) is 0 Å². The van der Waals surface area contributed by atoms with Crippen LogP contribution in [0.4, 0.5) is 4.79 Å². The molecule has 33 heavy (non-hydrogen) atoms. The Kier molecular flexibility index (Phi) is 7.01. The summed E-state index contributed by atoms with van der Waals surface area (Å²) in [5.74, 6) is -0.635. The summed E-state index contributed by atoms with van der Waals surface area (Å²) in [5, 5.41) is 16.8. The van der Waals surface area contributed by atoms with Gasteiger partial charge in [-0.1, -0.05) is 31.5 Å². The fraction of sp³-hybridized carbons (Fsp3) is 0.625. The Balaban J connectivity index is 1.62. The first-order valence-corrected chi connectivity index (χ1v) is 11.7. The summed E-state index contributed by atoms with van der Waals surface area (Å²) in [6.45, 7) is 9.93. The molecule has 1 aromatic carbocycles. The van der Waals surface area contributed by atoms with Crippen molar-refractivity contribution in [2.75, 3.05) is 6.54 Å². The summed E-state index contributed by atoms with van der Waals surface area (Å²) >= 11 is 6.15. The maximum absolute atomic E-state index is 13.0. The van der Waals surface area contributed by atoms with E-state index in [-0.39, 0.29) is 24.9 Å². The number of hydrogen-bond acceptors (Lipinski definition) is 5. The highest BCUT2D eigenvalue weighted by Gasteiger charge is 2.67. The first kappa shape index (κ1) is 25.3. The van der Waals surface area contributed by atoms with E-state index in [2.05, 4.69) is 10.6 Å². The number of aliphatic hydroxyl groups is 1.